The monoisotopic (exact) mass is 151 g/mol. The first-order valence-corrected chi connectivity index (χ1v) is 3.13. The van der Waals surface area contributed by atoms with Crippen molar-refractivity contribution in [3.8, 4) is 0 Å². The molecule has 1 aromatic heterocycles. The van der Waals surface area contributed by atoms with Crippen molar-refractivity contribution in [2.75, 3.05) is 5.84 Å². The van der Waals surface area contributed by atoms with Crippen LogP contribution in [0, 0.1) is 6.92 Å². The summed E-state index contributed by atoms with van der Waals surface area (Å²) in [5.74, 6) is 5.86. The zero-order chi connectivity index (χ0) is 8.43. The van der Waals surface area contributed by atoms with Crippen LogP contribution in [0.2, 0.25) is 0 Å². The van der Waals surface area contributed by atoms with Crippen LogP contribution in [0.4, 0.5) is 0 Å². The van der Waals surface area contributed by atoms with Gasteiger partial charge in [0.2, 0.25) is 5.78 Å². The summed E-state index contributed by atoms with van der Waals surface area (Å²) in [6.07, 6.45) is 2.64. The van der Waals surface area contributed by atoms with Gasteiger partial charge in [-0.2, -0.15) is 0 Å². The highest BCUT2D eigenvalue weighted by Crippen LogP contribution is 2.00. The van der Waals surface area contributed by atoms with Gasteiger partial charge in [-0.3, -0.25) is 4.79 Å². The van der Waals surface area contributed by atoms with E-state index in [0.29, 0.717) is 11.5 Å². The van der Waals surface area contributed by atoms with Gasteiger partial charge in [-0.15, -0.1) is 0 Å². The van der Waals surface area contributed by atoms with Crippen LogP contribution in [0.1, 0.15) is 16.3 Å². The molecule has 0 unspecified atom stereocenters. The molecule has 0 saturated carbocycles. The van der Waals surface area contributed by atoms with E-state index < -0.39 is 0 Å². The second kappa shape index (κ2) is 2.57. The summed E-state index contributed by atoms with van der Waals surface area (Å²) < 4.78 is 1.24. The van der Waals surface area contributed by atoms with Crippen LogP contribution in [0.15, 0.2) is 18.9 Å². The quantitative estimate of drug-likeness (QED) is 0.375. The molecule has 0 aliphatic carbocycles. The molecule has 0 amide bonds. The zero-order valence-corrected chi connectivity index (χ0v) is 6.24. The van der Waals surface area contributed by atoms with Crippen molar-refractivity contribution in [1.82, 2.24) is 9.66 Å². The lowest BCUT2D eigenvalue weighted by atomic mass is 10.3. The lowest BCUT2D eigenvalue weighted by molar-refractivity contribution is 0.104. The van der Waals surface area contributed by atoms with Gasteiger partial charge in [-0.1, -0.05) is 6.58 Å². The average Bonchev–Trinajstić information content (AvgIpc) is 2.32. The Bertz CT molecular complexity index is 301. The number of nitrogens with two attached hydrogens (primary N) is 1. The van der Waals surface area contributed by atoms with Crippen LogP contribution in [-0.4, -0.2) is 15.4 Å². The van der Waals surface area contributed by atoms with E-state index in [9.17, 15) is 4.79 Å². The van der Waals surface area contributed by atoms with Crippen molar-refractivity contribution >= 4 is 5.78 Å². The largest absolute Gasteiger partial charge is 0.337 e. The highest BCUT2D eigenvalue weighted by atomic mass is 16.1. The first-order chi connectivity index (χ1) is 5.16. The number of carbonyl (C=O) groups excluding carboxylic acids is 1. The SMILES string of the molecule is C=CC(=O)c1cnc(C)n1N. The molecule has 58 valence electrons. The third kappa shape index (κ3) is 1.14. The van der Waals surface area contributed by atoms with Gasteiger partial charge in [0.05, 0.1) is 6.20 Å². The number of aryl methyl sites for hydroxylation is 1. The fourth-order valence-electron chi connectivity index (χ4n) is 0.740. The summed E-state index contributed by atoms with van der Waals surface area (Å²) in [6, 6.07) is 0. The summed E-state index contributed by atoms with van der Waals surface area (Å²) in [5.41, 5.74) is 0.359. The average molecular weight is 151 g/mol. The van der Waals surface area contributed by atoms with Gasteiger partial charge in [0.1, 0.15) is 11.5 Å². The van der Waals surface area contributed by atoms with Crippen LogP contribution in [-0.2, 0) is 0 Å². The molecule has 1 heterocycles. The minimum Gasteiger partial charge on any atom is -0.337 e. The number of rotatable bonds is 2. The normalized spacial score (nSPS) is 9.55. The lowest BCUT2D eigenvalue weighted by Gasteiger charge is -1.97. The van der Waals surface area contributed by atoms with Gasteiger partial charge in [-0.25, -0.2) is 9.66 Å². The topological polar surface area (TPSA) is 60.9 Å². The Morgan fingerprint density at radius 2 is 2.55 bits per heavy atom. The smallest absolute Gasteiger partial charge is 0.205 e. The van der Waals surface area contributed by atoms with Crippen molar-refractivity contribution in [2.24, 2.45) is 0 Å². The molecule has 0 aliphatic heterocycles. The van der Waals surface area contributed by atoms with Gasteiger partial charge in [0.25, 0.3) is 0 Å². The van der Waals surface area contributed by atoms with Gasteiger partial charge in [0.15, 0.2) is 0 Å². The molecular weight excluding hydrogens is 142 g/mol. The molecule has 1 rings (SSSR count). The maximum absolute atomic E-state index is 11.0. The Labute approximate surface area is 64.3 Å². The molecule has 2 N–H and O–H groups in total. The van der Waals surface area contributed by atoms with Crippen molar-refractivity contribution in [1.29, 1.82) is 0 Å². The number of carbonyl (C=O) groups is 1. The molecule has 0 saturated heterocycles. The van der Waals surface area contributed by atoms with Gasteiger partial charge >= 0.3 is 0 Å². The predicted molar refractivity (Wildman–Crippen MR) is 41.6 cm³/mol. The van der Waals surface area contributed by atoms with Crippen LogP contribution >= 0.6 is 0 Å². The summed E-state index contributed by atoms with van der Waals surface area (Å²) in [7, 11) is 0. The number of allylic oxidation sites excluding steroid dienone is 1. The second-order valence-corrected chi connectivity index (χ2v) is 2.13. The second-order valence-electron chi connectivity index (χ2n) is 2.13. The Hall–Kier alpha value is -1.58. The van der Waals surface area contributed by atoms with E-state index in [2.05, 4.69) is 11.6 Å². The number of aromatic nitrogens is 2. The van der Waals surface area contributed by atoms with Crippen LogP contribution in [0.25, 0.3) is 0 Å². The third-order valence-electron chi connectivity index (χ3n) is 1.42. The fourth-order valence-corrected chi connectivity index (χ4v) is 0.740. The van der Waals surface area contributed by atoms with E-state index in [-0.39, 0.29) is 5.78 Å². The fraction of sp³-hybridized carbons (Fsp3) is 0.143. The number of nitrogen functional groups attached to an aromatic ring is 1. The minimum atomic E-state index is -0.215. The van der Waals surface area contributed by atoms with Crippen molar-refractivity contribution in [2.45, 2.75) is 6.92 Å². The summed E-state index contributed by atoms with van der Waals surface area (Å²) in [4.78, 5) is 14.8. The molecule has 0 bridgehead atoms. The molecule has 1 aromatic rings. The highest BCUT2D eigenvalue weighted by molar-refractivity contribution is 6.02. The van der Waals surface area contributed by atoms with E-state index >= 15 is 0 Å². The number of hydrogen-bond donors (Lipinski definition) is 1. The molecule has 0 aliphatic rings. The first kappa shape index (κ1) is 7.53. The lowest BCUT2D eigenvalue weighted by Crippen LogP contribution is -2.16. The van der Waals surface area contributed by atoms with Gasteiger partial charge in [0, 0.05) is 0 Å². The molecule has 0 radical (unpaired) electrons. The zero-order valence-electron chi connectivity index (χ0n) is 6.24. The molecule has 0 fully saturated rings. The molecule has 0 atom stereocenters. The standard InChI is InChI=1S/C7H9N3O/c1-3-7(11)6-4-9-5(2)10(6)8/h3-4H,1,8H2,2H3. The minimum absolute atomic E-state index is 0.215. The van der Waals surface area contributed by atoms with Crippen LogP contribution < -0.4 is 5.84 Å². The van der Waals surface area contributed by atoms with Gasteiger partial charge in [-0.05, 0) is 13.0 Å². The van der Waals surface area contributed by atoms with Crippen molar-refractivity contribution in [3.05, 3.63) is 30.4 Å². The van der Waals surface area contributed by atoms with E-state index in [1.54, 1.807) is 6.92 Å². The van der Waals surface area contributed by atoms with Crippen molar-refractivity contribution < 1.29 is 4.79 Å². The first-order valence-electron chi connectivity index (χ1n) is 3.13. The van der Waals surface area contributed by atoms with Crippen LogP contribution in [0.5, 0.6) is 0 Å². The Morgan fingerprint density at radius 3 is 2.91 bits per heavy atom. The van der Waals surface area contributed by atoms with Crippen molar-refractivity contribution in [3.63, 3.8) is 0 Å². The number of ketones is 1. The Morgan fingerprint density at radius 1 is 1.91 bits per heavy atom. The summed E-state index contributed by atoms with van der Waals surface area (Å²) in [5, 5.41) is 0. The molecule has 4 heteroatoms. The molecule has 4 nitrogen and oxygen atoms in total. The predicted octanol–water partition coefficient (Wildman–Crippen LogP) is 0.274. The van der Waals surface area contributed by atoms with E-state index in [0.717, 1.165) is 0 Å². The number of imidazole rings is 1. The highest BCUT2D eigenvalue weighted by Gasteiger charge is 2.08. The van der Waals surface area contributed by atoms with Gasteiger partial charge < -0.3 is 5.84 Å². The summed E-state index contributed by atoms with van der Waals surface area (Å²) >= 11 is 0. The maximum Gasteiger partial charge on any atom is 0.205 e. The Kier molecular flexibility index (Phi) is 1.76. The Balaban J connectivity index is 3.14. The number of nitrogens with zero attached hydrogens (tertiary/aromatic N) is 2. The van der Waals surface area contributed by atoms with E-state index in [4.69, 9.17) is 5.84 Å². The molecule has 0 spiro atoms. The third-order valence-corrected chi connectivity index (χ3v) is 1.42. The van der Waals surface area contributed by atoms with Crippen LogP contribution in [0.3, 0.4) is 0 Å². The number of hydrogen-bond acceptors (Lipinski definition) is 3. The molecular formula is C7H9N3O. The molecule has 0 aromatic carbocycles. The van der Waals surface area contributed by atoms with E-state index in [1.165, 1.54) is 16.9 Å². The maximum atomic E-state index is 11.0. The summed E-state index contributed by atoms with van der Waals surface area (Å²) in [6.45, 7) is 5.06. The van der Waals surface area contributed by atoms with E-state index in [1.807, 2.05) is 0 Å². The molecule has 11 heavy (non-hydrogen) atoms.